The Hall–Kier alpha value is -0.120. The maximum atomic E-state index is 7.00. The third-order valence-electron chi connectivity index (χ3n) is 2.53. The Kier molecular flexibility index (Phi) is 19.7. The van der Waals surface area contributed by atoms with E-state index in [4.69, 9.17) is 10.8 Å². The van der Waals surface area contributed by atoms with Crippen LogP contribution in [0.25, 0.3) is 0 Å². The molecule has 0 aromatic carbocycles. The van der Waals surface area contributed by atoms with Crippen LogP contribution >= 0.6 is 0 Å². The average molecular weight is 232 g/mol. The van der Waals surface area contributed by atoms with Crippen LogP contribution in [0, 0.1) is 0 Å². The summed E-state index contributed by atoms with van der Waals surface area (Å²) < 4.78 is 0. The standard InChI is InChI=1S/C7H17N.C5H11N.CH4O/c1-3-5-7(8)6-4-2;1-2-4-6-5-3-1;1-2/h7H,3-6,8H2,1-2H3;6H,1-5H2;2H,1H3. The summed E-state index contributed by atoms with van der Waals surface area (Å²) in [7, 11) is 1.00. The molecule has 0 amide bonds. The van der Waals surface area contributed by atoms with Gasteiger partial charge in [0.25, 0.3) is 0 Å². The Bertz CT molecular complexity index is 88.6. The summed E-state index contributed by atoms with van der Waals surface area (Å²) in [6.07, 6.45) is 9.04. The molecule has 1 aliphatic rings. The Balaban J connectivity index is 0. The van der Waals surface area contributed by atoms with Crippen molar-refractivity contribution in [2.24, 2.45) is 5.73 Å². The van der Waals surface area contributed by atoms with Gasteiger partial charge < -0.3 is 16.2 Å². The largest absolute Gasteiger partial charge is 0.400 e. The molecule has 0 aromatic rings. The molecular weight excluding hydrogens is 200 g/mol. The van der Waals surface area contributed by atoms with Gasteiger partial charge in [-0.15, -0.1) is 0 Å². The van der Waals surface area contributed by atoms with E-state index in [1.165, 1.54) is 58.0 Å². The van der Waals surface area contributed by atoms with Crippen LogP contribution in [0.3, 0.4) is 0 Å². The fraction of sp³-hybridized carbons (Fsp3) is 1.00. The third kappa shape index (κ3) is 16.3. The lowest BCUT2D eigenvalue weighted by molar-refractivity contribution is 0.399. The Morgan fingerprint density at radius 3 is 1.62 bits per heavy atom. The number of aliphatic hydroxyl groups excluding tert-OH is 1. The highest BCUT2D eigenvalue weighted by Gasteiger charge is 1.96. The Labute approximate surface area is 102 Å². The molecule has 1 heterocycles. The molecule has 1 rings (SSSR count). The first kappa shape index (κ1) is 18.3. The van der Waals surface area contributed by atoms with Crippen molar-refractivity contribution in [2.45, 2.75) is 64.8 Å². The predicted molar refractivity (Wildman–Crippen MR) is 72.7 cm³/mol. The highest BCUT2D eigenvalue weighted by Crippen LogP contribution is 1.99. The summed E-state index contributed by atoms with van der Waals surface area (Å²) in [5.74, 6) is 0. The maximum Gasteiger partial charge on any atom is 0.0319 e. The van der Waals surface area contributed by atoms with Gasteiger partial charge >= 0.3 is 0 Å². The van der Waals surface area contributed by atoms with Crippen molar-refractivity contribution >= 4 is 0 Å². The van der Waals surface area contributed by atoms with E-state index in [-0.39, 0.29) is 0 Å². The number of rotatable bonds is 4. The molecule has 1 saturated heterocycles. The molecule has 0 bridgehead atoms. The molecule has 1 fully saturated rings. The second-order valence-corrected chi connectivity index (χ2v) is 4.15. The van der Waals surface area contributed by atoms with Crippen LogP contribution in [-0.2, 0) is 0 Å². The summed E-state index contributed by atoms with van der Waals surface area (Å²) in [4.78, 5) is 0. The second-order valence-electron chi connectivity index (χ2n) is 4.15. The van der Waals surface area contributed by atoms with Gasteiger partial charge in [-0.3, -0.25) is 0 Å². The molecule has 1 aliphatic heterocycles. The van der Waals surface area contributed by atoms with Gasteiger partial charge in [0.15, 0.2) is 0 Å². The van der Waals surface area contributed by atoms with Crippen LogP contribution < -0.4 is 11.1 Å². The molecule has 0 radical (unpaired) electrons. The number of nitrogens with one attached hydrogen (secondary N) is 1. The van der Waals surface area contributed by atoms with Gasteiger partial charge in [-0.2, -0.15) is 0 Å². The van der Waals surface area contributed by atoms with E-state index in [2.05, 4.69) is 19.2 Å². The van der Waals surface area contributed by atoms with Crippen molar-refractivity contribution in [2.75, 3.05) is 20.2 Å². The summed E-state index contributed by atoms with van der Waals surface area (Å²) in [6.45, 7) is 6.85. The molecule has 0 atom stereocenters. The second kappa shape index (κ2) is 17.3. The summed E-state index contributed by atoms with van der Waals surface area (Å²) >= 11 is 0. The molecule has 3 nitrogen and oxygen atoms in total. The van der Waals surface area contributed by atoms with Crippen LogP contribution in [-0.4, -0.2) is 31.3 Å². The van der Waals surface area contributed by atoms with E-state index in [0.29, 0.717) is 6.04 Å². The number of nitrogens with two attached hydrogens (primary N) is 1. The highest BCUT2D eigenvalue weighted by atomic mass is 16.2. The smallest absolute Gasteiger partial charge is 0.0319 e. The first-order valence-corrected chi connectivity index (χ1v) is 6.72. The molecule has 100 valence electrons. The zero-order valence-corrected chi connectivity index (χ0v) is 11.5. The molecular formula is C13H32N2O. The van der Waals surface area contributed by atoms with Crippen molar-refractivity contribution in [1.82, 2.24) is 5.32 Å². The van der Waals surface area contributed by atoms with Gasteiger partial charge in [0.2, 0.25) is 0 Å². The van der Waals surface area contributed by atoms with Crippen molar-refractivity contribution in [3.8, 4) is 0 Å². The van der Waals surface area contributed by atoms with Gasteiger partial charge in [-0.05, 0) is 38.8 Å². The van der Waals surface area contributed by atoms with Crippen LogP contribution in [0.1, 0.15) is 58.8 Å². The van der Waals surface area contributed by atoms with E-state index in [1.54, 1.807) is 0 Å². The van der Waals surface area contributed by atoms with Crippen LogP contribution in [0.5, 0.6) is 0 Å². The number of piperidine rings is 1. The molecule has 3 heteroatoms. The molecule has 4 N–H and O–H groups in total. The van der Waals surface area contributed by atoms with E-state index in [0.717, 1.165) is 7.11 Å². The summed E-state index contributed by atoms with van der Waals surface area (Å²) in [5, 5.41) is 10.3. The predicted octanol–water partition coefficient (Wildman–Crippen LogP) is 2.28. The lowest BCUT2D eigenvalue weighted by atomic mass is 10.1. The highest BCUT2D eigenvalue weighted by molar-refractivity contribution is 4.57. The zero-order chi connectivity index (χ0) is 12.6. The van der Waals surface area contributed by atoms with E-state index < -0.39 is 0 Å². The number of hydrogen-bond donors (Lipinski definition) is 3. The molecule has 0 spiro atoms. The van der Waals surface area contributed by atoms with Crippen LogP contribution in [0.4, 0.5) is 0 Å². The number of hydrogen-bond acceptors (Lipinski definition) is 3. The fourth-order valence-electron chi connectivity index (χ4n) is 1.69. The lowest BCUT2D eigenvalue weighted by Crippen LogP contribution is -2.21. The van der Waals surface area contributed by atoms with E-state index >= 15 is 0 Å². The van der Waals surface area contributed by atoms with Crippen LogP contribution in [0.2, 0.25) is 0 Å². The fourth-order valence-corrected chi connectivity index (χ4v) is 1.69. The topological polar surface area (TPSA) is 58.3 Å². The lowest BCUT2D eigenvalue weighted by Gasteiger charge is -2.08. The zero-order valence-electron chi connectivity index (χ0n) is 11.5. The van der Waals surface area contributed by atoms with Crippen molar-refractivity contribution < 1.29 is 5.11 Å². The van der Waals surface area contributed by atoms with E-state index in [9.17, 15) is 0 Å². The molecule has 0 aromatic heterocycles. The molecule has 0 saturated carbocycles. The molecule has 16 heavy (non-hydrogen) atoms. The van der Waals surface area contributed by atoms with Gasteiger partial charge in [-0.25, -0.2) is 0 Å². The van der Waals surface area contributed by atoms with Gasteiger partial charge in [0.1, 0.15) is 0 Å². The number of aliphatic hydroxyl groups is 1. The summed E-state index contributed by atoms with van der Waals surface area (Å²) in [6, 6.07) is 0.463. The first-order valence-electron chi connectivity index (χ1n) is 6.72. The summed E-state index contributed by atoms with van der Waals surface area (Å²) in [5.41, 5.74) is 5.69. The van der Waals surface area contributed by atoms with E-state index in [1.807, 2.05) is 0 Å². The molecule has 0 aliphatic carbocycles. The van der Waals surface area contributed by atoms with Gasteiger partial charge in [0, 0.05) is 13.2 Å². The van der Waals surface area contributed by atoms with Crippen molar-refractivity contribution in [3.63, 3.8) is 0 Å². The average Bonchev–Trinajstić information content (AvgIpc) is 2.35. The van der Waals surface area contributed by atoms with Gasteiger partial charge in [-0.1, -0.05) is 33.1 Å². The maximum absolute atomic E-state index is 7.00. The minimum absolute atomic E-state index is 0.463. The molecule has 0 unspecified atom stereocenters. The minimum Gasteiger partial charge on any atom is -0.400 e. The normalized spacial score (nSPS) is 14.6. The van der Waals surface area contributed by atoms with Crippen molar-refractivity contribution in [3.05, 3.63) is 0 Å². The van der Waals surface area contributed by atoms with Crippen LogP contribution in [0.15, 0.2) is 0 Å². The van der Waals surface area contributed by atoms with Crippen molar-refractivity contribution in [1.29, 1.82) is 0 Å². The van der Waals surface area contributed by atoms with Gasteiger partial charge in [0.05, 0.1) is 0 Å². The third-order valence-corrected chi connectivity index (χ3v) is 2.53. The Morgan fingerprint density at radius 1 is 1.00 bits per heavy atom. The Morgan fingerprint density at radius 2 is 1.44 bits per heavy atom. The minimum atomic E-state index is 0.463. The first-order chi connectivity index (χ1) is 7.81. The quantitative estimate of drug-likeness (QED) is 0.697. The monoisotopic (exact) mass is 232 g/mol. The SMILES string of the molecule is C1CCNCC1.CCCC(N)CCC.CO.